The van der Waals surface area contributed by atoms with E-state index in [0.717, 1.165) is 25.2 Å². The lowest BCUT2D eigenvalue weighted by molar-refractivity contribution is 0.0707. The molecule has 2 N–H and O–H groups in total. The van der Waals surface area contributed by atoms with E-state index in [9.17, 15) is 4.39 Å². The van der Waals surface area contributed by atoms with Gasteiger partial charge >= 0.3 is 0 Å². The Bertz CT molecular complexity index is 328. The molecule has 0 bridgehead atoms. The van der Waals surface area contributed by atoms with Gasteiger partial charge in [-0.25, -0.2) is 4.39 Å². The van der Waals surface area contributed by atoms with E-state index in [4.69, 9.17) is 4.74 Å². The van der Waals surface area contributed by atoms with Crippen LogP contribution < -0.4 is 10.6 Å². The molecule has 0 amide bonds. The molecule has 2 atom stereocenters. The van der Waals surface area contributed by atoms with E-state index in [1.807, 2.05) is 0 Å². The minimum absolute atomic E-state index is 0.166. The van der Waals surface area contributed by atoms with Gasteiger partial charge in [0.1, 0.15) is 5.82 Å². The van der Waals surface area contributed by atoms with Crippen LogP contribution >= 0.6 is 0 Å². The zero-order valence-electron chi connectivity index (χ0n) is 9.37. The van der Waals surface area contributed by atoms with Crippen molar-refractivity contribution in [3.8, 4) is 0 Å². The molecule has 1 aliphatic rings. The Labute approximate surface area is 95.0 Å². The van der Waals surface area contributed by atoms with E-state index in [1.54, 1.807) is 19.2 Å². The molecule has 88 valence electrons. The van der Waals surface area contributed by atoms with Gasteiger partial charge in [0.25, 0.3) is 0 Å². The maximum Gasteiger partial charge on any atom is 0.123 e. The van der Waals surface area contributed by atoms with Crippen molar-refractivity contribution in [3.63, 3.8) is 0 Å². The van der Waals surface area contributed by atoms with Crippen LogP contribution in [0.25, 0.3) is 0 Å². The number of halogens is 1. The molecule has 0 aliphatic carbocycles. The van der Waals surface area contributed by atoms with Gasteiger partial charge < -0.3 is 15.4 Å². The van der Waals surface area contributed by atoms with E-state index >= 15 is 0 Å². The van der Waals surface area contributed by atoms with Crippen LogP contribution in [0.4, 0.5) is 10.1 Å². The summed E-state index contributed by atoms with van der Waals surface area (Å²) in [6.07, 6.45) is 1.18. The normalized spacial score (nSPS) is 25.4. The minimum atomic E-state index is -0.209. The number of hydrogen-bond acceptors (Lipinski definition) is 3. The third-order valence-corrected chi connectivity index (χ3v) is 2.93. The van der Waals surface area contributed by atoms with Crippen LogP contribution in [0, 0.1) is 5.82 Å². The number of benzene rings is 1. The van der Waals surface area contributed by atoms with Gasteiger partial charge in [-0.15, -0.1) is 0 Å². The second kappa shape index (κ2) is 5.27. The summed E-state index contributed by atoms with van der Waals surface area (Å²) in [5.74, 6) is -0.209. The molecule has 0 aromatic heterocycles. The van der Waals surface area contributed by atoms with Crippen molar-refractivity contribution in [3.05, 3.63) is 30.1 Å². The number of piperidine rings is 1. The van der Waals surface area contributed by atoms with Crippen molar-refractivity contribution >= 4 is 5.69 Å². The van der Waals surface area contributed by atoms with Crippen molar-refractivity contribution < 1.29 is 9.13 Å². The molecule has 1 heterocycles. The van der Waals surface area contributed by atoms with Crippen LogP contribution in [-0.2, 0) is 4.74 Å². The molecule has 1 aliphatic heterocycles. The van der Waals surface area contributed by atoms with Crippen molar-refractivity contribution in [1.82, 2.24) is 5.32 Å². The number of rotatable bonds is 3. The molecule has 1 aromatic rings. The van der Waals surface area contributed by atoms with Gasteiger partial charge in [0, 0.05) is 19.3 Å². The summed E-state index contributed by atoms with van der Waals surface area (Å²) in [7, 11) is 1.72. The number of ether oxygens (including phenoxy) is 1. The lowest BCUT2D eigenvalue weighted by Crippen LogP contribution is -2.48. The van der Waals surface area contributed by atoms with Gasteiger partial charge in [0.15, 0.2) is 0 Å². The van der Waals surface area contributed by atoms with E-state index < -0.39 is 0 Å². The van der Waals surface area contributed by atoms with Crippen LogP contribution in [0.2, 0.25) is 0 Å². The van der Waals surface area contributed by atoms with Crippen LogP contribution in [0.3, 0.4) is 0 Å². The summed E-state index contributed by atoms with van der Waals surface area (Å²) in [6.45, 7) is 1.84. The number of methoxy groups -OCH3 is 1. The fourth-order valence-corrected chi connectivity index (χ4v) is 2.00. The van der Waals surface area contributed by atoms with Gasteiger partial charge in [-0.2, -0.15) is 0 Å². The number of anilines is 1. The summed E-state index contributed by atoms with van der Waals surface area (Å²) < 4.78 is 18.1. The van der Waals surface area contributed by atoms with E-state index in [0.29, 0.717) is 0 Å². The standard InChI is InChI=1S/C12H17FN2O/c1-16-12-8-14-7-6-11(12)15-10-4-2-9(13)3-5-10/h2-5,11-12,14-15H,6-8H2,1H3/t11-,12-/m1/s1. The van der Waals surface area contributed by atoms with E-state index in [1.165, 1.54) is 12.1 Å². The van der Waals surface area contributed by atoms with E-state index in [2.05, 4.69) is 10.6 Å². The zero-order chi connectivity index (χ0) is 11.4. The highest BCUT2D eigenvalue weighted by Gasteiger charge is 2.24. The Kier molecular flexibility index (Phi) is 3.74. The molecule has 0 spiro atoms. The van der Waals surface area contributed by atoms with Gasteiger partial charge in [-0.1, -0.05) is 0 Å². The van der Waals surface area contributed by atoms with Crippen molar-refractivity contribution in [2.45, 2.75) is 18.6 Å². The molecular formula is C12H17FN2O. The maximum atomic E-state index is 12.7. The summed E-state index contributed by atoms with van der Waals surface area (Å²) >= 11 is 0. The Hall–Kier alpha value is -1.13. The number of nitrogens with one attached hydrogen (secondary N) is 2. The first kappa shape index (κ1) is 11.4. The fourth-order valence-electron chi connectivity index (χ4n) is 2.00. The lowest BCUT2D eigenvalue weighted by atomic mass is 10.0. The van der Waals surface area contributed by atoms with Gasteiger partial charge in [-0.05, 0) is 37.2 Å². The molecule has 3 nitrogen and oxygen atoms in total. The molecule has 0 unspecified atom stereocenters. The van der Waals surface area contributed by atoms with Crippen molar-refractivity contribution in [2.75, 3.05) is 25.5 Å². The molecule has 0 radical (unpaired) electrons. The highest BCUT2D eigenvalue weighted by molar-refractivity contribution is 5.44. The highest BCUT2D eigenvalue weighted by Crippen LogP contribution is 2.15. The fraction of sp³-hybridized carbons (Fsp3) is 0.500. The summed E-state index contributed by atoms with van der Waals surface area (Å²) in [6, 6.07) is 6.72. The van der Waals surface area contributed by atoms with Crippen LogP contribution in [0.1, 0.15) is 6.42 Å². The maximum absolute atomic E-state index is 12.7. The van der Waals surface area contributed by atoms with Gasteiger partial charge in [0.2, 0.25) is 0 Å². The molecular weight excluding hydrogens is 207 g/mol. The molecule has 4 heteroatoms. The first-order chi connectivity index (χ1) is 7.79. The van der Waals surface area contributed by atoms with Crippen LogP contribution in [-0.4, -0.2) is 32.3 Å². The Morgan fingerprint density at radius 1 is 1.38 bits per heavy atom. The molecule has 16 heavy (non-hydrogen) atoms. The van der Waals surface area contributed by atoms with Crippen molar-refractivity contribution in [1.29, 1.82) is 0 Å². The van der Waals surface area contributed by atoms with Crippen LogP contribution in [0.5, 0.6) is 0 Å². The number of hydrogen-bond donors (Lipinski definition) is 2. The quantitative estimate of drug-likeness (QED) is 0.818. The predicted octanol–water partition coefficient (Wildman–Crippen LogP) is 1.61. The minimum Gasteiger partial charge on any atom is -0.380 e. The Balaban J connectivity index is 1.99. The Morgan fingerprint density at radius 2 is 2.12 bits per heavy atom. The smallest absolute Gasteiger partial charge is 0.123 e. The third kappa shape index (κ3) is 2.71. The summed E-state index contributed by atoms with van der Waals surface area (Å²) in [4.78, 5) is 0. The SMILES string of the molecule is CO[C@@H]1CNCC[C@H]1Nc1ccc(F)cc1. The first-order valence-electron chi connectivity index (χ1n) is 5.55. The molecule has 0 saturated carbocycles. The lowest BCUT2D eigenvalue weighted by Gasteiger charge is -2.32. The topological polar surface area (TPSA) is 33.3 Å². The van der Waals surface area contributed by atoms with E-state index in [-0.39, 0.29) is 18.0 Å². The largest absolute Gasteiger partial charge is 0.380 e. The monoisotopic (exact) mass is 224 g/mol. The highest BCUT2D eigenvalue weighted by atomic mass is 19.1. The second-order valence-corrected chi connectivity index (χ2v) is 4.02. The molecule has 1 fully saturated rings. The second-order valence-electron chi connectivity index (χ2n) is 4.02. The summed E-state index contributed by atoms with van der Waals surface area (Å²) in [5, 5.41) is 6.66. The third-order valence-electron chi connectivity index (χ3n) is 2.93. The average Bonchev–Trinajstić information content (AvgIpc) is 2.33. The van der Waals surface area contributed by atoms with Gasteiger partial charge in [-0.3, -0.25) is 0 Å². The van der Waals surface area contributed by atoms with Crippen molar-refractivity contribution in [2.24, 2.45) is 0 Å². The molecule has 1 aromatic carbocycles. The average molecular weight is 224 g/mol. The Morgan fingerprint density at radius 3 is 2.81 bits per heavy atom. The van der Waals surface area contributed by atoms with Gasteiger partial charge in [0.05, 0.1) is 12.1 Å². The molecule has 2 rings (SSSR count). The molecule has 1 saturated heterocycles. The summed E-state index contributed by atoms with van der Waals surface area (Å²) in [5.41, 5.74) is 0.940. The zero-order valence-corrected chi connectivity index (χ0v) is 9.37. The predicted molar refractivity (Wildman–Crippen MR) is 62.1 cm³/mol. The first-order valence-corrected chi connectivity index (χ1v) is 5.55. The van der Waals surface area contributed by atoms with Crippen LogP contribution in [0.15, 0.2) is 24.3 Å².